The molecule has 2 aliphatic heterocycles. The zero-order valence-electron chi connectivity index (χ0n) is 11.9. The van der Waals surface area contributed by atoms with Gasteiger partial charge in [-0.2, -0.15) is 0 Å². The Balaban J connectivity index is 1.60. The number of rotatable bonds is 1. The van der Waals surface area contributed by atoms with Gasteiger partial charge in [0.25, 0.3) is 0 Å². The first-order chi connectivity index (χ1) is 9.90. The Bertz CT molecular complexity index is 591. The maximum absolute atomic E-state index is 2.73. The maximum atomic E-state index is 2.73. The first-order valence-corrected chi connectivity index (χ1v) is 8.74. The summed E-state index contributed by atoms with van der Waals surface area (Å²) in [6, 6.07) is 10.0. The summed E-state index contributed by atoms with van der Waals surface area (Å²) in [7, 11) is 0. The summed E-state index contributed by atoms with van der Waals surface area (Å²) in [6.07, 6.45) is 5.51. The third-order valence-corrected chi connectivity index (χ3v) is 5.75. The molecule has 3 heterocycles. The van der Waals surface area contributed by atoms with Gasteiger partial charge < -0.3 is 4.90 Å². The zero-order valence-corrected chi connectivity index (χ0v) is 12.7. The molecule has 2 aromatic rings. The molecule has 106 valence electrons. The Kier molecular flexibility index (Phi) is 3.41. The SMILES string of the molecule is c1cc2cc(N3CCCN4CCCCC4C3)ccc2s1. The second-order valence-corrected chi connectivity index (χ2v) is 7.08. The van der Waals surface area contributed by atoms with Crippen molar-refractivity contribution in [3.8, 4) is 0 Å². The fourth-order valence-corrected chi connectivity index (χ4v) is 4.53. The molecule has 0 bridgehead atoms. The monoisotopic (exact) mass is 286 g/mol. The molecule has 1 unspecified atom stereocenters. The molecule has 1 atom stereocenters. The molecular weight excluding hydrogens is 264 g/mol. The van der Waals surface area contributed by atoms with Crippen LogP contribution in [0.15, 0.2) is 29.6 Å². The standard InChI is InChI=1S/C17H22N2S/c1-2-8-18-9-3-10-19(13-16(18)4-1)15-5-6-17-14(12-15)7-11-20-17/h5-7,11-12,16H,1-4,8-10,13H2. The molecule has 2 aliphatic rings. The molecule has 4 rings (SSSR count). The third kappa shape index (κ3) is 2.33. The summed E-state index contributed by atoms with van der Waals surface area (Å²) in [5.41, 5.74) is 1.42. The van der Waals surface area contributed by atoms with Crippen molar-refractivity contribution in [3.05, 3.63) is 29.6 Å². The third-order valence-electron chi connectivity index (χ3n) is 4.85. The minimum Gasteiger partial charge on any atom is -0.370 e. The van der Waals surface area contributed by atoms with Gasteiger partial charge in [-0.05, 0) is 60.8 Å². The van der Waals surface area contributed by atoms with Crippen LogP contribution in [0.2, 0.25) is 0 Å². The summed E-state index contributed by atoms with van der Waals surface area (Å²) in [5.74, 6) is 0. The Morgan fingerprint density at radius 3 is 2.95 bits per heavy atom. The molecule has 0 radical (unpaired) electrons. The van der Waals surface area contributed by atoms with Crippen LogP contribution in [0.5, 0.6) is 0 Å². The van der Waals surface area contributed by atoms with Gasteiger partial charge in [0.15, 0.2) is 0 Å². The number of hydrogen-bond donors (Lipinski definition) is 0. The molecule has 0 amide bonds. The molecule has 0 aliphatic carbocycles. The van der Waals surface area contributed by atoms with Crippen molar-refractivity contribution in [2.75, 3.05) is 31.1 Å². The van der Waals surface area contributed by atoms with Crippen molar-refractivity contribution in [3.63, 3.8) is 0 Å². The van der Waals surface area contributed by atoms with Crippen molar-refractivity contribution in [1.82, 2.24) is 4.90 Å². The van der Waals surface area contributed by atoms with Crippen LogP contribution >= 0.6 is 11.3 Å². The lowest BCUT2D eigenvalue weighted by atomic mass is 10.0. The predicted molar refractivity (Wildman–Crippen MR) is 87.9 cm³/mol. The number of piperidine rings is 1. The number of fused-ring (bicyclic) bond motifs is 2. The van der Waals surface area contributed by atoms with Crippen LogP contribution < -0.4 is 4.90 Å². The van der Waals surface area contributed by atoms with Crippen molar-refractivity contribution < 1.29 is 0 Å². The van der Waals surface area contributed by atoms with Gasteiger partial charge in [-0.15, -0.1) is 11.3 Å². The Morgan fingerprint density at radius 2 is 1.95 bits per heavy atom. The number of nitrogens with zero attached hydrogens (tertiary/aromatic N) is 2. The van der Waals surface area contributed by atoms with Crippen LogP contribution in [0.3, 0.4) is 0 Å². The zero-order chi connectivity index (χ0) is 13.4. The summed E-state index contributed by atoms with van der Waals surface area (Å²) < 4.78 is 1.41. The average Bonchev–Trinajstić information content (AvgIpc) is 2.84. The van der Waals surface area contributed by atoms with Crippen LogP contribution in [0.1, 0.15) is 25.7 Å². The fraction of sp³-hybridized carbons (Fsp3) is 0.529. The molecule has 1 aromatic carbocycles. The van der Waals surface area contributed by atoms with E-state index < -0.39 is 0 Å². The quantitative estimate of drug-likeness (QED) is 0.783. The molecule has 2 fully saturated rings. The summed E-state index contributed by atoms with van der Waals surface area (Å²) in [6.45, 7) is 5.04. The van der Waals surface area contributed by atoms with Gasteiger partial charge in [0.05, 0.1) is 0 Å². The summed E-state index contributed by atoms with van der Waals surface area (Å²) in [4.78, 5) is 5.35. The lowest BCUT2D eigenvalue weighted by molar-refractivity contribution is 0.162. The topological polar surface area (TPSA) is 6.48 Å². The second kappa shape index (κ2) is 5.38. The van der Waals surface area contributed by atoms with Crippen molar-refractivity contribution in [1.29, 1.82) is 0 Å². The highest BCUT2D eigenvalue weighted by Gasteiger charge is 2.27. The van der Waals surface area contributed by atoms with E-state index in [4.69, 9.17) is 0 Å². The highest BCUT2D eigenvalue weighted by Crippen LogP contribution is 2.29. The van der Waals surface area contributed by atoms with E-state index in [2.05, 4.69) is 39.4 Å². The van der Waals surface area contributed by atoms with Gasteiger partial charge in [0.2, 0.25) is 0 Å². The van der Waals surface area contributed by atoms with E-state index in [0.29, 0.717) is 0 Å². The van der Waals surface area contributed by atoms with Crippen molar-refractivity contribution >= 4 is 27.1 Å². The van der Waals surface area contributed by atoms with E-state index >= 15 is 0 Å². The van der Waals surface area contributed by atoms with Gasteiger partial charge in [0.1, 0.15) is 0 Å². The molecule has 1 aromatic heterocycles. The Labute approximate surface area is 125 Å². The van der Waals surface area contributed by atoms with Crippen LogP contribution in [-0.2, 0) is 0 Å². The lowest BCUT2D eigenvalue weighted by Crippen LogP contribution is -2.44. The number of hydrogen-bond acceptors (Lipinski definition) is 3. The van der Waals surface area contributed by atoms with E-state index in [9.17, 15) is 0 Å². The number of thiophene rings is 1. The first kappa shape index (κ1) is 12.7. The average molecular weight is 286 g/mol. The van der Waals surface area contributed by atoms with Gasteiger partial charge in [0, 0.05) is 36.1 Å². The van der Waals surface area contributed by atoms with E-state index in [1.54, 1.807) is 0 Å². The highest BCUT2D eigenvalue weighted by molar-refractivity contribution is 7.17. The second-order valence-electron chi connectivity index (χ2n) is 6.13. The molecule has 2 nitrogen and oxygen atoms in total. The Morgan fingerprint density at radius 1 is 1.00 bits per heavy atom. The molecule has 20 heavy (non-hydrogen) atoms. The molecule has 0 spiro atoms. The minimum absolute atomic E-state index is 0.782. The molecule has 2 saturated heterocycles. The van der Waals surface area contributed by atoms with E-state index in [1.807, 2.05) is 11.3 Å². The van der Waals surface area contributed by atoms with E-state index in [-0.39, 0.29) is 0 Å². The predicted octanol–water partition coefficient (Wildman–Crippen LogP) is 3.97. The van der Waals surface area contributed by atoms with Gasteiger partial charge >= 0.3 is 0 Å². The normalized spacial score (nSPS) is 24.6. The van der Waals surface area contributed by atoms with E-state index in [1.165, 1.54) is 67.6 Å². The maximum Gasteiger partial charge on any atom is 0.0373 e. The smallest absolute Gasteiger partial charge is 0.0373 e. The van der Waals surface area contributed by atoms with Gasteiger partial charge in [-0.25, -0.2) is 0 Å². The summed E-state index contributed by atoms with van der Waals surface area (Å²) >= 11 is 1.84. The summed E-state index contributed by atoms with van der Waals surface area (Å²) in [5, 5.41) is 3.59. The van der Waals surface area contributed by atoms with Crippen LogP contribution in [0, 0.1) is 0 Å². The minimum atomic E-state index is 0.782. The van der Waals surface area contributed by atoms with E-state index in [0.717, 1.165) is 6.04 Å². The molecule has 0 saturated carbocycles. The molecule has 0 N–H and O–H groups in total. The van der Waals surface area contributed by atoms with Crippen LogP contribution in [-0.4, -0.2) is 37.1 Å². The van der Waals surface area contributed by atoms with Gasteiger partial charge in [-0.1, -0.05) is 6.42 Å². The van der Waals surface area contributed by atoms with Crippen molar-refractivity contribution in [2.24, 2.45) is 0 Å². The first-order valence-electron chi connectivity index (χ1n) is 7.86. The fourth-order valence-electron chi connectivity index (χ4n) is 3.76. The number of anilines is 1. The largest absolute Gasteiger partial charge is 0.370 e. The van der Waals surface area contributed by atoms with Gasteiger partial charge in [-0.3, -0.25) is 4.90 Å². The number of benzene rings is 1. The molecule has 3 heteroatoms. The van der Waals surface area contributed by atoms with Crippen LogP contribution in [0.25, 0.3) is 10.1 Å². The molecular formula is C17H22N2S. The highest BCUT2D eigenvalue weighted by atomic mass is 32.1. The lowest BCUT2D eigenvalue weighted by Gasteiger charge is -2.35. The van der Waals surface area contributed by atoms with Crippen molar-refractivity contribution in [2.45, 2.75) is 31.7 Å². The van der Waals surface area contributed by atoms with Crippen LogP contribution in [0.4, 0.5) is 5.69 Å². The Hall–Kier alpha value is -1.06.